The minimum atomic E-state index is -4.96. The molecule has 0 unspecified atom stereocenters. The predicted octanol–water partition coefficient (Wildman–Crippen LogP) is 5.38. The van der Waals surface area contributed by atoms with Gasteiger partial charge in [-0.2, -0.15) is 13.2 Å². The number of benzene rings is 1. The van der Waals surface area contributed by atoms with Crippen LogP contribution in [0.1, 0.15) is 40.5 Å². The van der Waals surface area contributed by atoms with Crippen molar-refractivity contribution in [1.29, 1.82) is 0 Å². The molecule has 0 bridgehead atoms. The van der Waals surface area contributed by atoms with E-state index in [0.717, 1.165) is 31.4 Å². The Kier molecular flexibility index (Phi) is 5.44. The highest BCUT2D eigenvalue weighted by atomic mass is 19.4. The summed E-state index contributed by atoms with van der Waals surface area (Å²) in [6.07, 6.45) is -8.87. The SMILES string of the molecule is COc1cc(OC(F)(F)F)ccc1Oc1cc(C2CC2)c(C(F)(F)F)nc1C(=O)O. The summed E-state index contributed by atoms with van der Waals surface area (Å²) in [5.74, 6) is -3.84. The fourth-order valence-corrected chi connectivity index (χ4v) is 2.72. The van der Waals surface area contributed by atoms with E-state index in [1.807, 2.05) is 0 Å². The zero-order valence-electron chi connectivity index (χ0n) is 15.1. The van der Waals surface area contributed by atoms with Crippen LogP contribution >= 0.6 is 0 Å². The van der Waals surface area contributed by atoms with Crippen LogP contribution in [0.3, 0.4) is 0 Å². The first-order chi connectivity index (χ1) is 13.9. The molecule has 1 aliphatic carbocycles. The number of carboxylic acid groups (broad SMARTS) is 1. The number of aromatic nitrogens is 1. The number of aromatic carboxylic acids is 1. The summed E-state index contributed by atoms with van der Waals surface area (Å²) in [6, 6.07) is 3.66. The molecule has 1 aromatic carbocycles. The van der Waals surface area contributed by atoms with Crippen LogP contribution in [0.15, 0.2) is 24.3 Å². The third-order valence-electron chi connectivity index (χ3n) is 4.09. The summed E-state index contributed by atoms with van der Waals surface area (Å²) < 4.78 is 91.1. The summed E-state index contributed by atoms with van der Waals surface area (Å²) >= 11 is 0. The Morgan fingerprint density at radius 2 is 1.73 bits per heavy atom. The van der Waals surface area contributed by atoms with E-state index >= 15 is 0 Å². The van der Waals surface area contributed by atoms with Crippen molar-refractivity contribution in [3.63, 3.8) is 0 Å². The molecule has 1 N–H and O–H groups in total. The van der Waals surface area contributed by atoms with E-state index in [2.05, 4.69) is 9.72 Å². The quantitative estimate of drug-likeness (QED) is 0.612. The number of halogens is 6. The Hall–Kier alpha value is -3.18. The van der Waals surface area contributed by atoms with E-state index in [1.54, 1.807) is 0 Å². The standard InChI is InChI=1S/C18H13F6NO5/c1-28-12-6-9(30-18(22,23)24)4-5-11(12)29-13-7-10(8-2-3-8)15(17(19,20)21)25-14(13)16(26)27/h4-8H,2-3H2,1H3,(H,26,27). The van der Waals surface area contributed by atoms with Gasteiger partial charge in [-0.05, 0) is 42.5 Å². The van der Waals surface area contributed by atoms with Crippen molar-refractivity contribution in [2.45, 2.75) is 31.3 Å². The van der Waals surface area contributed by atoms with Crippen LogP contribution < -0.4 is 14.2 Å². The van der Waals surface area contributed by atoms with Crippen LogP contribution in [-0.2, 0) is 6.18 Å². The maximum absolute atomic E-state index is 13.3. The van der Waals surface area contributed by atoms with Crippen LogP contribution in [0.4, 0.5) is 26.3 Å². The molecule has 0 spiro atoms. The average Bonchev–Trinajstić information content (AvgIpc) is 3.45. The Morgan fingerprint density at radius 3 is 2.23 bits per heavy atom. The molecule has 0 aliphatic heterocycles. The number of hydrogen-bond donors (Lipinski definition) is 1. The van der Waals surface area contributed by atoms with Crippen molar-refractivity contribution in [3.8, 4) is 23.0 Å². The second kappa shape index (κ2) is 7.58. The van der Waals surface area contributed by atoms with E-state index in [4.69, 9.17) is 9.47 Å². The molecule has 1 heterocycles. The molecule has 0 radical (unpaired) electrons. The van der Waals surface area contributed by atoms with Gasteiger partial charge >= 0.3 is 18.5 Å². The van der Waals surface area contributed by atoms with Gasteiger partial charge in [-0.25, -0.2) is 9.78 Å². The van der Waals surface area contributed by atoms with Gasteiger partial charge in [-0.15, -0.1) is 13.2 Å². The number of carboxylic acids is 1. The van der Waals surface area contributed by atoms with E-state index in [-0.39, 0.29) is 17.1 Å². The molecule has 1 aromatic heterocycles. The van der Waals surface area contributed by atoms with Gasteiger partial charge < -0.3 is 19.3 Å². The van der Waals surface area contributed by atoms with Crippen molar-refractivity contribution < 1.29 is 50.5 Å². The molecule has 0 saturated heterocycles. The van der Waals surface area contributed by atoms with Gasteiger partial charge in [0.25, 0.3) is 0 Å². The molecule has 3 rings (SSSR count). The Balaban J connectivity index is 2.04. The Morgan fingerprint density at radius 1 is 1.07 bits per heavy atom. The topological polar surface area (TPSA) is 77.9 Å². The molecule has 12 heteroatoms. The number of carbonyl (C=O) groups is 1. The van der Waals surface area contributed by atoms with Crippen molar-refractivity contribution in [3.05, 3.63) is 41.2 Å². The highest BCUT2D eigenvalue weighted by molar-refractivity contribution is 5.89. The molecule has 1 aliphatic rings. The number of alkyl halides is 6. The monoisotopic (exact) mass is 437 g/mol. The van der Waals surface area contributed by atoms with Gasteiger partial charge in [0.15, 0.2) is 22.9 Å². The number of ether oxygens (including phenoxy) is 3. The second-order valence-electron chi connectivity index (χ2n) is 6.31. The highest BCUT2D eigenvalue weighted by Gasteiger charge is 2.41. The van der Waals surface area contributed by atoms with Gasteiger partial charge in [-0.1, -0.05) is 0 Å². The number of pyridine rings is 1. The zero-order valence-corrected chi connectivity index (χ0v) is 15.1. The molecule has 1 saturated carbocycles. The van der Waals surface area contributed by atoms with Gasteiger partial charge in [-0.3, -0.25) is 0 Å². The average molecular weight is 437 g/mol. The molecule has 2 aromatic rings. The summed E-state index contributed by atoms with van der Waals surface area (Å²) in [6.45, 7) is 0. The molecule has 30 heavy (non-hydrogen) atoms. The third-order valence-corrected chi connectivity index (χ3v) is 4.09. The predicted molar refractivity (Wildman–Crippen MR) is 87.9 cm³/mol. The summed E-state index contributed by atoms with van der Waals surface area (Å²) in [7, 11) is 1.11. The van der Waals surface area contributed by atoms with E-state index in [1.165, 1.54) is 0 Å². The molecule has 0 atom stereocenters. The molecular weight excluding hydrogens is 424 g/mol. The first-order valence-electron chi connectivity index (χ1n) is 8.36. The van der Waals surface area contributed by atoms with Gasteiger partial charge in [0.1, 0.15) is 11.4 Å². The minimum absolute atomic E-state index is 0.210. The van der Waals surface area contributed by atoms with Crippen LogP contribution in [0.5, 0.6) is 23.0 Å². The number of hydrogen-bond acceptors (Lipinski definition) is 5. The van der Waals surface area contributed by atoms with Crippen LogP contribution in [0, 0.1) is 0 Å². The Bertz CT molecular complexity index is 969. The number of methoxy groups -OCH3 is 1. The minimum Gasteiger partial charge on any atom is -0.493 e. The maximum Gasteiger partial charge on any atom is 0.573 e. The summed E-state index contributed by atoms with van der Waals surface area (Å²) in [4.78, 5) is 14.7. The maximum atomic E-state index is 13.3. The lowest BCUT2D eigenvalue weighted by Crippen LogP contribution is -2.17. The summed E-state index contributed by atoms with van der Waals surface area (Å²) in [5, 5.41) is 9.29. The Labute approximate surface area is 165 Å². The van der Waals surface area contributed by atoms with Crippen molar-refractivity contribution >= 4 is 5.97 Å². The first-order valence-corrected chi connectivity index (χ1v) is 8.36. The van der Waals surface area contributed by atoms with Crippen LogP contribution in [-0.4, -0.2) is 29.5 Å². The second-order valence-corrected chi connectivity index (χ2v) is 6.31. The van der Waals surface area contributed by atoms with Gasteiger partial charge in [0.05, 0.1) is 7.11 Å². The van der Waals surface area contributed by atoms with Crippen LogP contribution in [0.2, 0.25) is 0 Å². The molecule has 1 fully saturated rings. The van der Waals surface area contributed by atoms with Gasteiger partial charge in [0, 0.05) is 6.07 Å². The molecular formula is C18H13F6NO5. The van der Waals surface area contributed by atoms with Crippen molar-refractivity contribution in [2.24, 2.45) is 0 Å². The lowest BCUT2D eigenvalue weighted by molar-refractivity contribution is -0.274. The summed E-state index contributed by atoms with van der Waals surface area (Å²) in [5.41, 5.74) is -2.52. The van der Waals surface area contributed by atoms with Crippen molar-refractivity contribution in [2.75, 3.05) is 7.11 Å². The fraction of sp³-hybridized carbons (Fsp3) is 0.333. The zero-order chi connectivity index (χ0) is 22.3. The first kappa shape index (κ1) is 21.5. The van der Waals surface area contributed by atoms with E-state index in [0.29, 0.717) is 12.8 Å². The normalized spacial score (nSPS) is 14.4. The third kappa shape index (κ3) is 4.86. The highest BCUT2D eigenvalue weighted by Crippen LogP contribution is 2.47. The largest absolute Gasteiger partial charge is 0.573 e. The number of rotatable bonds is 6. The number of nitrogens with zero attached hydrogens (tertiary/aromatic N) is 1. The van der Waals surface area contributed by atoms with E-state index < -0.39 is 47.3 Å². The van der Waals surface area contributed by atoms with Crippen molar-refractivity contribution in [1.82, 2.24) is 4.98 Å². The lowest BCUT2D eigenvalue weighted by atomic mass is 10.1. The molecule has 6 nitrogen and oxygen atoms in total. The lowest BCUT2D eigenvalue weighted by Gasteiger charge is -2.17. The molecule has 162 valence electrons. The smallest absolute Gasteiger partial charge is 0.493 e. The van der Waals surface area contributed by atoms with Crippen LogP contribution in [0.25, 0.3) is 0 Å². The van der Waals surface area contributed by atoms with E-state index in [9.17, 15) is 36.2 Å². The fourth-order valence-electron chi connectivity index (χ4n) is 2.72. The van der Waals surface area contributed by atoms with Gasteiger partial charge in [0.2, 0.25) is 0 Å². The molecule has 0 amide bonds.